The van der Waals surface area contributed by atoms with Crippen LogP contribution in [-0.4, -0.2) is 12.1 Å². The van der Waals surface area contributed by atoms with Gasteiger partial charge < -0.3 is 5.32 Å². The molecule has 1 nitrogen and oxygen atoms in total. The van der Waals surface area contributed by atoms with Gasteiger partial charge in [0.2, 0.25) is 0 Å². The molecule has 2 unspecified atom stereocenters. The Balaban J connectivity index is 1.80. The van der Waals surface area contributed by atoms with E-state index in [0.717, 1.165) is 17.9 Å². The van der Waals surface area contributed by atoms with Crippen molar-refractivity contribution < 1.29 is 0 Å². The number of hydrogen-bond donors (Lipinski definition) is 1. The third-order valence-electron chi connectivity index (χ3n) is 3.15. The number of hydrogen-bond acceptors (Lipinski definition) is 2. The molecule has 0 aliphatic heterocycles. The van der Waals surface area contributed by atoms with E-state index in [1.54, 1.807) is 11.3 Å². The molecule has 0 aliphatic carbocycles. The average Bonchev–Trinajstić information content (AvgIpc) is 2.84. The van der Waals surface area contributed by atoms with Crippen LogP contribution in [-0.2, 0) is 12.8 Å². The molecule has 2 aromatic rings. The van der Waals surface area contributed by atoms with Gasteiger partial charge in [-0.3, -0.25) is 0 Å². The largest absolute Gasteiger partial charge is 0.311 e. The summed E-state index contributed by atoms with van der Waals surface area (Å²) in [6.07, 6.45) is 2.12. The molecule has 0 saturated heterocycles. The van der Waals surface area contributed by atoms with Gasteiger partial charge in [0.1, 0.15) is 0 Å². The highest BCUT2D eigenvalue weighted by Gasteiger charge is 2.09. The Hall–Kier alpha value is -0.830. The van der Waals surface area contributed by atoms with Crippen LogP contribution in [0.3, 0.4) is 0 Å². The highest BCUT2D eigenvalue weighted by Crippen LogP contribution is 2.12. The van der Waals surface area contributed by atoms with E-state index in [1.165, 1.54) is 11.1 Å². The predicted octanol–water partition coefficient (Wildman–Crippen LogP) is 4.55. The molecule has 2 atom stereocenters. The van der Waals surface area contributed by atoms with Gasteiger partial charge in [-0.2, -0.15) is 11.3 Å². The fraction of sp³-hybridized carbons (Fsp3) is 0.375. The third-order valence-corrected chi connectivity index (χ3v) is 4.13. The number of benzene rings is 1. The highest BCUT2D eigenvalue weighted by molar-refractivity contribution is 7.07. The summed E-state index contributed by atoms with van der Waals surface area (Å²) in [5.41, 5.74) is 2.75. The minimum absolute atomic E-state index is 0.467. The van der Waals surface area contributed by atoms with Crippen molar-refractivity contribution in [1.29, 1.82) is 0 Å². The second-order valence-electron chi connectivity index (χ2n) is 5.14. The molecule has 0 radical (unpaired) electrons. The van der Waals surface area contributed by atoms with E-state index in [2.05, 4.69) is 48.1 Å². The number of rotatable bonds is 6. The van der Waals surface area contributed by atoms with Crippen LogP contribution >= 0.6 is 22.9 Å². The normalized spacial score (nSPS) is 14.3. The first-order valence-corrected chi connectivity index (χ1v) is 7.97. The summed E-state index contributed by atoms with van der Waals surface area (Å²) < 4.78 is 0. The molecule has 1 N–H and O–H groups in total. The van der Waals surface area contributed by atoms with Crippen LogP contribution in [0.1, 0.15) is 25.0 Å². The van der Waals surface area contributed by atoms with Crippen LogP contribution in [0.15, 0.2) is 41.1 Å². The van der Waals surface area contributed by atoms with Gasteiger partial charge in [-0.05, 0) is 66.8 Å². The lowest BCUT2D eigenvalue weighted by atomic mass is 10.0. The molecule has 19 heavy (non-hydrogen) atoms. The van der Waals surface area contributed by atoms with Crippen LogP contribution in [0.2, 0.25) is 5.02 Å². The Morgan fingerprint density at radius 1 is 1.00 bits per heavy atom. The Bertz CT molecular complexity index is 478. The maximum Gasteiger partial charge on any atom is 0.0406 e. The standard InChI is InChI=1S/C16H20ClNS/c1-12(9-14-3-5-16(17)6-4-14)18-13(2)10-15-7-8-19-11-15/h3-8,11-13,18H,9-10H2,1-2H3. The maximum atomic E-state index is 5.90. The summed E-state index contributed by atoms with van der Waals surface area (Å²) in [4.78, 5) is 0. The zero-order valence-corrected chi connectivity index (χ0v) is 13.0. The van der Waals surface area contributed by atoms with E-state index >= 15 is 0 Å². The fourth-order valence-electron chi connectivity index (χ4n) is 2.34. The van der Waals surface area contributed by atoms with Gasteiger partial charge in [0, 0.05) is 17.1 Å². The number of nitrogens with one attached hydrogen (secondary N) is 1. The summed E-state index contributed by atoms with van der Waals surface area (Å²) in [5.74, 6) is 0. The van der Waals surface area contributed by atoms with Crippen LogP contribution < -0.4 is 5.32 Å². The van der Waals surface area contributed by atoms with Crippen LogP contribution in [0, 0.1) is 0 Å². The monoisotopic (exact) mass is 293 g/mol. The molecule has 0 amide bonds. The Labute approximate surface area is 124 Å². The molecule has 0 fully saturated rings. The zero-order valence-electron chi connectivity index (χ0n) is 11.4. The molecule has 0 saturated carbocycles. The molecule has 1 heterocycles. The third kappa shape index (κ3) is 4.98. The molecule has 0 spiro atoms. The van der Waals surface area contributed by atoms with Crippen molar-refractivity contribution >= 4 is 22.9 Å². The molecule has 102 valence electrons. The molecular formula is C16H20ClNS. The molecule has 3 heteroatoms. The van der Waals surface area contributed by atoms with Crippen molar-refractivity contribution in [3.05, 3.63) is 57.2 Å². The van der Waals surface area contributed by atoms with Crippen LogP contribution in [0.4, 0.5) is 0 Å². The predicted molar refractivity (Wildman–Crippen MR) is 85.2 cm³/mol. The molecule has 0 aliphatic rings. The summed E-state index contributed by atoms with van der Waals surface area (Å²) in [7, 11) is 0. The molecule has 1 aromatic heterocycles. The van der Waals surface area contributed by atoms with Crippen molar-refractivity contribution in [2.75, 3.05) is 0 Å². The number of halogens is 1. The quantitative estimate of drug-likeness (QED) is 0.824. The van der Waals surface area contributed by atoms with Gasteiger partial charge in [0.25, 0.3) is 0 Å². The van der Waals surface area contributed by atoms with Crippen molar-refractivity contribution in [3.63, 3.8) is 0 Å². The van der Waals surface area contributed by atoms with Crippen LogP contribution in [0.5, 0.6) is 0 Å². The summed E-state index contributed by atoms with van der Waals surface area (Å²) >= 11 is 7.66. The lowest BCUT2D eigenvalue weighted by Gasteiger charge is -2.20. The van der Waals surface area contributed by atoms with Gasteiger partial charge in [0.05, 0.1) is 0 Å². The van der Waals surface area contributed by atoms with E-state index in [9.17, 15) is 0 Å². The van der Waals surface area contributed by atoms with Crippen molar-refractivity contribution in [3.8, 4) is 0 Å². The van der Waals surface area contributed by atoms with E-state index < -0.39 is 0 Å². The molecule has 1 aromatic carbocycles. The Morgan fingerprint density at radius 2 is 1.63 bits per heavy atom. The van der Waals surface area contributed by atoms with Gasteiger partial charge in [-0.15, -0.1) is 0 Å². The molecule has 0 bridgehead atoms. The topological polar surface area (TPSA) is 12.0 Å². The van der Waals surface area contributed by atoms with Crippen molar-refractivity contribution in [1.82, 2.24) is 5.32 Å². The fourth-order valence-corrected chi connectivity index (χ4v) is 3.15. The molecule has 2 rings (SSSR count). The summed E-state index contributed by atoms with van der Waals surface area (Å²) in [5, 5.41) is 8.82. The van der Waals surface area contributed by atoms with Crippen molar-refractivity contribution in [2.45, 2.75) is 38.8 Å². The van der Waals surface area contributed by atoms with Gasteiger partial charge in [-0.1, -0.05) is 23.7 Å². The highest BCUT2D eigenvalue weighted by atomic mass is 35.5. The van der Waals surface area contributed by atoms with E-state index in [-0.39, 0.29) is 0 Å². The smallest absolute Gasteiger partial charge is 0.0406 e. The van der Waals surface area contributed by atoms with Gasteiger partial charge >= 0.3 is 0 Å². The minimum atomic E-state index is 0.467. The Morgan fingerprint density at radius 3 is 2.21 bits per heavy atom. The molecular weight excluding hydrogens is 274 g/mol. The average molecular weight is 294 g/mol. The van der Waals surface area contributed by atoms with E-state index in [0.29, 0.717) is 12.1 Å². The number of thiophene rings is 1. The zero-order chi connectivity index (χ0) is 13.7. The lowest BCUT2D eigenvalue weighted by Crippen LogP contribution is -2.37. The first kappa shape index (κ1) is 14.6. The van der Waals surface area contributed by atoms with Gasteiger partial charge in [-0.25, -0.2) is 0 Å². The second kappa shape index (κ2) is 7.09. The summed E-state index contributed by atoms with van der Waals surface area (Å²) in [6.45, 7) is 4.48. The van der Waals surface area contributed by atoms with E-state index in [4.69, 9.17) is 11.6 Å². The first-order chi connectivity index (χ1) is 9.13. The van der Waals surface area contributed by atoms with Crippen LogP contribution in [0.25, 0.3) is 0 Å². The Kier molecular flexibility index (Phi) is 5.44. The minimum Gasteiger partial charge on any atom is -0.311 e. The SMILES string of the molecule is CC(Cc1ccc(Cl)cc1)NC(C)Cc1ccsc1. The lowest BCUT2D eigenvalue weighted by molar-refractivity contribution is 0.462. The maximum absolute atomic E-state index is 5.90. The second-order valence-corrected chi connectivity index (χ2v) is 6.35. The summed E-state index contributed by atoms with van der Waals surface area (Å²) in [6, 6.07) is 11.3. The van der Waals surface area contributed by atoms with Gasteiger partial charge in [0.15, 0.2) is 0 Å². The van der Waals surface area contributed by atoms with E-state index in [1.807, 2.05) is 12.1 Å². The first-order valence-electron chi connectivity index (χ1n) is 6.65. The van der Waals surface area contributed by atoms with Crippen molar-refractivity contribution in [2.24, 2.45) is 0 Å².